The first-order chi connectivity index (χ1) is 6.72. The molecule has 14 heavy (non-hydrogen) atoms. The fraction of sp³-hybridized carbons (Fsp3) is 0.364. The van der Waals surface area contributed by atoms with Crippen molar-refractivity contribution in [2.75, 3.05) is 6.54 Å². The molecule has 0 bridgehead atoms. The lowest BCUT2D eigenvalue weighted by atomic mass is 10.1. The Bertz CT molecular complexity index is 376. The molecule has 0 unspecified atom stereocenters. The molecule has 3 heteroatoms. The molecule has 74 valence electrons. The number of rotatable bonds is 2. The van der Waals surface area contributed by atoms with Crippen LogP contribution in [0.4, 0.5) is 4.39 Å². The van der Waals surface area contributed by atoms with Gasteiger partial charge in [0.15, 0.2) is 0 Å². The normalized spacial score (nSPS) is 14.7. The van der Waals surface area contributed by atoms with Crippen LogP contribution in [-0.4, -0.2) is 17.4 Å². The van der Waals surface area contributed by atoms with Crippen LogP contribution in [0.25, 0.3) is 0 Å². The van der Waals surface area contributed by atoms with Gasteiger partial charge < -0.3 is 4.90 Å². The zero-order valence-corrected chi connectivity index (χ0v) is 8.09. The van der Waals surface area contributed by atoms with Gasteiger partial charge >= 0.3 is 0 Å². The first kappa shape index (κ1) is 9.19. The van der Waals surface area contributed by atoms with Gasteiger partial charge in [0.2, 0.25) is 0 Å². The van der Waals surface area contributed by atoms with Crippen LogP contribution < -0.4 is 0 Å². The van der Waals surface area contributed by atoms with Gasteiger partial charge in [-0.25, -0.2) is 4.39 Å². The SMILES string of the molecule is CCCN1Cc2ccc(F)cc2C1=O. The van der Waals surface area contributed by atoms with Crippen molar-refractivity contribution in [2.45, 2.75) is 19.9 Å². The van der Waals surface area contributed by atoms with Gasteiger partial charge in [0, 0.05) is 18.7 Å². The molecule has 0 atom stereocenters. The van der Waals surface area contributed by atoms with Gasteiger partial charge in [-0.1, -0.05) is 13.0 Å². The van der Waals surface area contributed by atoms with Gasteiger partial charge in [-0.15, -0.1) is 0 Å². The second kappa shape index (κ2) is 3.40. The average molecular weight is 193 g/mol. The number of benzene rings is 1. The summed E-state index contributed by atoms with van der Waals surface area (Å²) < 4.78 is 12.9. The molecule has 0 N–H and O–H groups in total. The third kappa shape index (κ3) is 1.39. The summed E-state index contributed by atoms with van der Waals surface area (Å²) in [7, 11) is 0. The zero-order chi connectivity index (χ0) is 10.1. The summed E-state index contributed by atoms with van der Waals surface area (Å²) >= 11 is 0. The van der Waals surface area contributed by atoms with E-state index in [2.05, 4.69) is 0 Å². The minimum absolute atomic E-state index is 0.0404. The average Bonchev–Trinajstić information content (AvgIpc) is 2.46. The highest BCUT2D eigenvalue weighted by atomic mass is 19.1. The molecule has 0 spiro atoms. The number of nitrogens with zero attached hydrogens (tertiary/aromatic N) is 1. The standard InChI is InChI=1S/C11H12FNO/c1-2-5-13-7-8-3-4-9(12)6-10(8)11(13)14/h3-4,6H,2,5,7H2,1H3. The molecule has 1 aliphatic heterocycles. The third-order valence-electron chi connectivity index (χ3n) is 2.44. The van der Waals surface area contributed by atoms with Gasteiger partial charge in [0.05, 0.1) is 0 Å². The number of hydrogen-bond acceptors (Lipinski definition) is 1. The maximum absolute atomic E-state index is 12.9. The highest BCUT2D eigenvalue weighted by molar-refractivity contribution is 5.98. The summed E-state index contributed by atoms with van der Waals surface area (Å²) in [6, 6.07) is 4.42. The number of fused-ring (bicyclic) bond motifs is 1. The summed E-state index contributed by atoms with van der Waals surface area (Å²) in [5.41, 5.74) is 1.46. The van der Waals surface area contributed by atoms with E-state index in [9.17, 15) is 9.18 Å². The Morgan fingerprint density at radius 1 is 1.50 bits per heavy atom. The van der Waals surface area contributed by atoms with Crippen LogP contribution in [0.5, 0.6) is 0 Å². The maximum atomic E-state index is 12.9. The van der Waals surface area contributed by atoms with Gasteiger partial charge in [0.25, 0.3) is 5.91 Å². The van der Waals surface area contributed by atoms with Crippen LogP contribution in [0.3, 0.4) is 0 Å². The van der Waals surface area contributed by atoms with Gasteiger partial charge in [0.1, 0.15) is 5.82 Å². The second-order valence-electron chi connectivity index (χ2n) is 3.53. The molecule has 0 fully saturated rings. The molecule has 0 aliphatic carbocycles. The first-order valence-corrected chi connectivity index (χ1v) is 4.80. The second-order valence-corrected chi connectivity index (χ2v) is 3.53. The van der Waals surface area contributed by atoms with Gasteiger partial charge in [-0.05, 0) is 24.1 Å². The predicted octanol–water partition coefficient (Wildman–Crippen LogP) is 2.19. The molecule has 1 amide bonds. The Hall–Kier alpha value is -1.38. The number of carbonyl (C=O) groups is 1. The van der Waals surface area contributed by atoms with E-state index >= 15 is 0 Å². The lowest BCUT2D eigenvalue weighted by Gasteiger charge is -2.13. The van der Waals surface area contributed by atoms with Crippen molar-refractivity contribution in [1.82, 2.24) is 4.90 Å². The van der Waals surface area contributed by atoms with E-state index in [4.69, 9.17) is 0 Å². The van der Waals surface area contributed by atoms with Crippen LogP contribution in [0.1, 0.15) is 29.3 Å². The minimum atomic E-state index is -0.338. The van der Waals surface area contributed by atoms with Crippen molar-refractivity contribution >= 4 is 5.91 Å². The highest BCUT2D eigenvalue weighted by Gasteiger charge is 2.26. The molecule has 0 aromatic heterocycles. The summed E-state index contributed by atoms with van der Waals surface area (Å²) in [6.45, 7) is 3.40. The van der Waals surface area contributed by atoms with E-state index in [1.165, 1.54) is 12.1 Å². The topological polar surface area (TPSA) is 20.3 Å². The number of amides is 1. The van der Waals surface area contributed by atoms with E-state index in [-0.39, 0.29) is 11.7 Å². The monoisotopic (exact) mass is 193 g/mol. The molecule has 1 aliphatic rings. The predicted molar refractivity (Wildman–Crippen MR) is 51.4 cm³/mol. The quantitative estimate of drug-likeness (QED) is 0.705. The Morgan fingerprint density at radius 3 is 3.00 bits per heavy atom. The smallest absolute Gasteiger partial charge is 0.254 e. The fourth-order valence-electron chi connectivity index (χ4n) is 1.78. The molecule has 1 heterocycles. The van der Waals surface area contributed by atoms with E-state index in [1.54, 1.807) is 11.0 Å². The van der Waals surface area contributed by atoms with Crippen molar-refractivity contribution in [3.05, 3.63) is 35.1 Å². The first-order valence-electron chi connectivity index (χ1n) is 4.80. The number of carbonyl (C=O) groups excluding carboxylic acids is 1. The molecular weight excluding hydrogens is 181 g/mol. The van der Waals surface area contributed by atoms with Gasteiger partial charge in [-0.3, -0.25) is 4.79 Å². The summed E-state index contributed by atoms with van der Waals surface area (Å²) in [4.78, 5) is 13.5. The van der Waals surface area contributed by atoms with E-state index < -0.39 is 0 Å². The molecular formula is C11H12FNO. The van der Waals surface area contributed by atoms with Crippen molar-refractivity contribution < 1.29 is 9.18 Å². The van der Waals surface area contributed by atoms with Crippen molar-refractivity contribution in [3.8, 4) is 0 Å². The van der Waals surface area contributed by atoms with Crippen LogP contribution in [0, 0.1) is 5.82 Å². The van der Waals surface area contributed by atoms with Crippen LogP contribution >= 0.6 is 0 Å². The van der Waals surface area contributed by atoms with E-state index in [1.807, 2.05) is 6.92 Å². The Labute approximate surface area is 82.3 Å². The Kier molecular flexibility index (Phi) is 2.23. The number of hydrogen-bond donors (Lipinski definition) is 0. The minimum Gasteiger partial charge on any atom is -0.334 e. The van der Waals surface area contributed by atoms with Crippen LogP contribution in [-0.2, 0) is 6.54 Å². The molecule has 1 aromatic carbocycles. The Morgan fingerprint density at radius 2 is 2.29 bits per heavy atom. The van der Waals surface area contributed by atoms with Crippen LogP contribution in [0.2, 0.25) is 0 Å². The fourth-order valence-corrected chi connectivity index (χ4v) is 1.78. The molecule has 0 saturated heterocycles. The largest absolute Gasteiger partial charge is 0.334 e. The molecule has 1 aromatic rings. The molecule has 0 saturated carbocycles. The Balaban J connectivity index is 2.31. The van der Waals surface area contributed by atoms with Crippen molar-refractivity contribution in [2.24, 2.45) is 0 Å². The third-order valence-corrected chi connectivity index (χ3v) is 2.44. The van der Waals surface area contributed by atoms with Crippen molar-refractivity contribution in [3.63, 3.8) is 0 Å². The van der Waals surface area contributed by atoms with E-state index in [0.29, 0.717) is 12.1 Å². The van der Waals surface area contributed by atoms with Crippen LogP contribution in [0.15, 0.2) is 18.2 Å². The lowest BCUT2D eigenvalue weighted by molar-refractivity contribution is 0.0778. The summed E-state index contributed by atoms with van der Waals surface area (Å²) in [5, 5.41) is 0. The summed E-state index contributed by atoms with van der Waals surface area (Å²) in [6.07, 6.45) is 0.933. The molecule has 2 rings (SSSR count). The highest BCUT2D eigenvalue weighted by Crippen LogP contribution is 2.23. The lowest BCUT2D eigenvalue weighted by Crippen LogP contribution is -2.24. The molecule has 2 nitrogen and oxygen atoms in total. The van der Waals surface area contributed by atoms with E-state index in [0.717, 1.165) is 18.5 Å². The summed E-state index contributed by atoms with van der Waals surface area (Å²) in [5.74, 6) is -0.378. The molecule has 0 radical (unpaired) electrons. The maximum Gasteiger partial charge on any atom is 0.254 e. The van der Waals surface area contributed by atoms with Crippen molar-refractivity contribution in [1.29, 1.82) is 0 Å². The van der Waals surface area contributed by atoms with Gasteiger partial charge in [-0.2, -0.15) is 0 Å². The number of halogens is 1. The zero-order valence-electron chi connectivity index (χ0n) is 8.09.